The number of ketones is 1. The molecule has 0 saturated heterocycles. The zero-order valence-corrected chi connectivity index (χ0v) is 31.4. The van der Waals surface area contributed by atoms with Crippen LogP contribution in [-0.4, -0.2) is 65.3 Å². The molecule has 0 unspecified atom stereocenters. The number of aliphatic hydroxyl groups is 2. The molecule has 1 rings (SSSR count). The van der Waals surface area contributed by atoms with Gasteiger partial charge in [0.2, 0.25) is 5.91 Å². The molecule has 48 heavy (non-hydrogen) atoms. The summed E-state index contributed by atoms with van der Waals surface area (Å²) in [5.41, 5.74) is -2.05. The van der Waals surface area contributed by atoms with E-state index in [-0.39, 0.29) is 49.2 Å². The smallest absolute Gasteiger partial charge is 0.547 e. The molecule has 262 valence electrons. The molecular weight excluding hydrogens is 625 g/mol. The molecule has 0 aliphatic carbocycles. The first kappa shape index (κ1) is 45.3. The Balaban J connectivity index is 0.0000221. The van der Waals surface area contributed by atoms with Gasteiger partial charge in [0, 0.05) is 32.3 Å². The van der Waals surface area contributed by atoms with Crippen LogP contribution in [0.1, 0.15) is 110 Å². The van der Waals surface area contributed by atoms with Gasteiger partial charge in [0.1, 0.15) is 29.8 Å². The number of aliphatic carboxylic acids is 1. The van der Waals surface area contributed by atoms with E-state index >= 15 is 0 Å². The normalized spacial score (nSPS) is 13.3. The summed E-state index contributed by atoms with van der Waals surface area (Å²) < 4.78 is 10.7. The topological polar surface area (TPSA) is 162 Å². The Morgan fingerprint density at radius 3 is 2.17 bits per heavy atom. The quantitative estimate of drug-likeness (QED) is 0.0426. The van der Waals surface area contributed by atoms with Crippen LogP contribution < -0.4 is 44.7 Å². The summed E-state index contributed by atoms with van der Waals surface area (Å²) in [6, 6.07) is 5.66. The fourth-order valence-electron chi connectivity index (χ4n) is 5.09. The monoisotopic (exact) mass is 679 g/mol. The largest absolute Gasteiger partial charge is 1.00 e. The summed E-state index contributed by atoms with van der Waals surface area (Å²) in [7, 11) is 0. The van der Waals surface area contributed by atoms with Crippen LogP contribution in [0.2, 0.25) is 0 Å². The number of Topliss-reactive ketones (excluding diaryl/α,β-unsaturated/α-hetero) is 1. The van der Waals surface area contributed by atoms with Crippen molar-refractivity contribution in [1.29, 1.82) is 0 Å². The number of carbonyl (C=O) groups is 4. The third-order valence-corrected chi connectivity index (χ3v) is 7.85. The van der Waals surface area contributed by atoms with Gasteiger partial charge in [-0.15, -0.1) is 5.92 Å². The molecule has 1 aromatic carbocycles. The fourth-order valence-corrected chi connectivity index (χ4v) is 5.09. The molecule has 10 nitrogen and oxygen atoms in total. The van der Waals surface area contributed by atoms with Gasteiger partial charge in [-0.1, -0.05) is 75.7 Å². The molecule has 0 aromatic heterocycles. The van der Waals surface area contributed by atoms with Crippen LogP contribution in [0.5, 0.6) is 5.75 Å². The zero-order valence-electron chi connectivity index (χ0n) is 29.4. The molecule has 11 heteroatoms. The minimum absolute atomic E-state index is 0. The Morgan fingerprint density at radius 1 is 0.979 bits per heavy atom. The predicted molar refractivity (Wildman–Crippen MR) is 178 cm³/mol. The number of hydrogen-bond acceptors (Lipinski definition) is 9. The van der Waals surface area contributed by atoms with Crippen molar-refractivity contribution >= 4 is 23.6 Å². The number of ether oxygens (including phenoxy) is 2. The number of esters is 1. The molecule has 0 aliphatic heterocycles. The van der Waals surface area contributed by atoms with E-state index in [1.807, 2.05) is 0 Å². The van der Waals surface area contributed by atoms with Gasteiger partial charge in [0.25, 0.3) is 0 Å². The van der Waals surface area contributed by atoms with Gasteiger partial charge >= 0.3 is 35.5 Å². The van der Waals surface area contributed by atoms with E-state index in [0.717, 1.165) is 38.5 Å². The molecule has 1 aromatic rings. The maximum absolute atomic E-state index is 13.5. The predicted octanol–water partition coefficient (Wildman–Crippen LogP) is 0.989. The van der Waals surface area contributed by atoms with E-state index in [1.165, 1.54) is 25.3 Å². The average Bonchev–Trinajstić information content (AvgIpc) is 3.04. The maximum Gasteiger partial charge on any atom is 1.00 e. The zero-order chi connectivity index (χ0) is 34.9. The van der Waals surface area contributed by atoms with Crippen LogP contribution in [0.4, 0.5) is 0 Å². The fraction of sp³-hybridized carbons (Fsp3) is 0.622. The number of unbranched alkanes of at least 4 members (excludes halogenated alkanes) is 8. The number of rotatable bonds is 26. The number of nitrogens with one attached hydrogen (secondary N) is 1. The molecule has 1 amide bonds. The number of amides is 1. The third kappa shape index (κ3) is 18.2. The van der Waals surface area contributed by atoms with E-state index in [1.54, 1.807) is 44.2 Å². The summed E-state index contributed by atoms with van der Waals surface area (Å²) in [5.74, 6) is 1.19. The van der Waals surface area contributed by atoms with Crippen LogP contribution in [0.25, 0.3) is 0 Å². The van der Waals surface area contributed by atoms with E-state index in [2.05, 4.69) is 24.1 Å². The van der Waals surface area contributed by atoms with Crippen LogP contribution in [0.15, 0.2) is 36.4 Å². The third-order valence-electron chi connectivity index (χ3n) is 7.85. The van der Waals surface area contributed by atoms with E-state index in [9.17, 15) is 34.5 Å². The van der Waals surface area contributed by atoms with Crippen LogP contribution in [0.3, 0.4) is 0 Å². The minimum Gasteiger partial charge on any atom is -0.547 e. The first-order valence-corrected chi connectivity index (χ1v) is 16.9. The number of allylic oxidation sites excluding steroid dienone is 1. The van der Waals surface area contributed by atoms with Crippen molar-refractivity contribution in [2.24, 2.45) is 5.92 Å². The molecule has 3 N–H and O–H groups in total. The number of carboxylic acid groups (broad SMARTS) is 1. The van der Waals surface area contributed by atoms with Gasteiger partial charge in [-0.2, -0.15) is 0 Å². The summed E-state index contributed by atoms with van der Waals surface area (Å²) in [4.78, 5) is 50.5. The molecule has 3 atom stereocenters. The van der Waals surface area contributed by atoms with Crippen molar-refractivity contribution in [3.8, 4) is 17.6 Å². The van der Waals surface area contributed by atoms with Crippen molar-refractivity contribution in [3.05, 3.63) is 42.0 Å². The van der Waals surface area contributed by atoms with E-state index in [0.29, 0.717) is 36.4 Å². The van der Waals surface area contributed by atoms with E-state index < -0.39 is 48.4 Å². The van der Waals surface area contributed by atoms with Crippen molar-refractivity contribution in [2.45, 2.75) is 122 Å². The Bertz CT molecular complexity index is 1180. The second-order valence-corrected chi connectivity index (χ2v) is 11.6. The number of hydrogen-bond donors (Lipinski definition) is 3. The van der Waals surface area contributed by atoms with Gasteiger partial charge in [0.15, 0.2) is 0 Å². The first-order valence-electron chi connectivity index (χ1n) is 16.9. The summed E-state index contributed by atoms with van der Waals surface area (Å²) in [6.07, 6.45) is 12.8. The molecule has 0 bridgehead atoms. The molecule has 0 saturated carbocycles. The van der Waals surface area contributed by atoms with Crippen molar-refractivity contribution < 1.29 is 73.5 Å². The van der Waals surface area contributed by atoms with Crippen LogP contribution in [0, 0.1) is 17.8 Å². The van der Waals surface area contributed by atoms with Gasteiger partial charge in [-0.05, 0) is 57.2 Å². The van der Waals surface area contributed by atoms with Crippen molar-refractivity contribution in [2.75, 3.05) is 19.8 Å². The standard InChI is InChI=1S/C37H55NO9.Na/c1-4-7-9-12-15-18-30(40)19-16-13-10-11-14-17-20-32(37(45,25-26-39)36(43)44)34(41)38-33(35(42)46-6-3)28-29-21-23-31(24-22-29)47-27-8-5-2;/h17,20-24,32-33,39,45H,4,6-7,9-16,18-19,25-28H2,1-3H3,(H,38,41)(H,43,44);/q;+1/p-1/b20-17+;/t32-,33+,37+;/m1./s1. The van der Waals surface area contributed by atoms with Crippen molar-refractivity contribution in [3.63, 3.8) is 0 Å². The van der Waals surface area contributed by atoms with Crippen molar-refractivity contribution in [1.82, 2.24) is 5.32 Å². The Labute approximate surface area is 308 Å². The minimum atomic E-state index is -2.72. The van der Waals surface area contributed by atoms with Crippen LogP contribution >= 0.6 is 0 Å². The van der Waals surface area contributed by atoms with Crippen LogP contribution in [-0.2, 0) is 30.3 Å². The summed E-state index contributed by atoms with van der Waals surface area (Å²) in [6.45, 7) is 5.06. The average molecular weight is 680 g/mol. The Kier molecular flexibility index (Phi) is 25.7. The van der Waals surface area contributed by atoms with Gasteiger partial charge in [-0.25, -0.2) is 4.79 Å². The summed E-state index contributed by atoms with van der Waals surface area (Å²) >= 11 is 0. The summed E-state index contributed by atoms with van der Waals surface area (Å²) in [5, 5.41) is 35.1. The second-order valence-electron chi connectivity index (χ2n) is 11.6. The Hall–Kier alpha value is -2.68. The molecule has 0 radical (unpaired) electrons. The SMILES string of the molecule is CC#CCOc1ccc(C[C@H](NC(=O)[C@@H](/C=C/CCCCCCC(=O)CCCCCCC)[C@@](O)(CCO)C(=O)[O-])C(=O)OCC)cc1.[Na+]. The number of aliphatic hydroxyl groups excluding tert-OH is 1. The Morgan fingerprint density at radius 2 is 1.60 bits per heavy atom. The number of carboxylic acids is 1. The van der Waals surface area contributed by atoms with Gasteiger partial charge in [-0.3, -0.25) is 9.59 Å². The number of carbonyl (C=O) groups excluding carboxylic acids is 4. The van der Waals surface area contributed by atoms with Gasteiger partial charge < -0.3 is 34.9 Å². The molecule has 0 fully saturated rings. The second kappa shape index (κ2) is 27.2. The first-order chi connectivity index (χ1) is 22.6. The molecule has 0 aliphatic rings. The van der Waals surface area contributed by atoms with Gasteiger partial charge in [0.05, 0.1) is 18.5 Å². The number of benzene rings is 1. The molecule has 0 spiro atoms. The molecule has 0 heterocycles. The van der Waals surface area contributed by atoms with E-state index in [4.69, 9.17) is 9.47 Å². The maximum atomic E-state index is 13.5. The molecular formula is C37H54NNaO9.